The molecule has 4 N–H and O–H groups in total. The second-order valence-electron chi connectivity index (χ2n) is 8.08. The lowest BCUT2D eigenvalue weighted by atomic mass is 9.78. The van der Waals surface area contributed by atoms with Crippen molar-refractivity contribution < 1.29 is 14.1 Å². The lowest BCUT2D eigenvalue weighted by molar-refractivity contribution is 0.0783. The molecule has 162 valence electrons. The first-order chi connectivity index (χ1) is 13.4. The molecule has 1 aliphatic rings. The highest BCUT2D eigenvalue weighted by Crippen LogP contribution is 2.36. The van der Waals surface area contributed by atoms with E-state index in [-0.39, 0.29) is 4.21 Å². The van der Waals surface area contributed by atoms with Crippen molar-refractivity contribution in [2.24, 2.45) is 15.4 Å². The number of nitrogens with one attached hydrogen (secondary N) is 1. The highest BCUT2D eigenvalue weighted by Gasteiger charge is 2.25. The van der Waals surface area contributed by atoms with Gasteiger partial charge in [0.2, 0.25) is 0 Å². The summed E-state index contributed by atoms with van der Waals surface area (Å²) in [5, 5.41) is 19.1. The molecule has 1 atom stereocenters. The summed E-state index contributed by atoms with van der Waals surface area (Å²) in [4.78, 5) is 16.6. The summed E-state index contributed by atoms with van der Waals surface area (Å²) in [5.41, 5.74) is 2.86. The van der Waals surface area contributed by atoms with Crippen molar-refractivity contribution in [1.29, 1.82) is 0 Å². The summed E-state index contributed by atoms with van der Waals surface area (Å²) >= 11 is 0.987. The average molecular weight is 441 g/mol. The normalized spacial score (nSPS) is 18.9. The van der Waals surface area contributed by atoms with Crippen LogP contribution >= 0.6 is 11.3 Å². The number of aliphatic hydroxyl groups is 1. The second-order valence-corrected chi connectivity index (χ2v) is 11.1. The first-order valence-electron chi connectivity index (χ1n) is 9.78. The van der Waals surface area contributed by atoms with E-state index in [1.54, 1.807) is 13.8 Å². The third-order valence-electron chi connectivity index (χ3n) is 5.39. The number of carbonyl (C=O) groups is 1. The fraction of sp³-hybridized carbons (Fsp3) is 0.600. The number of thiazole rings is 1. The largest absolute Gasteiger partial charge is 0.383 e. The van der Waals surface area contributed by atoms with E-state index in [2.05, 4.69) is 21.6 Å². The summed E-state index contributed by atoms with van der Waals surface area (Å²) < 4.78 is 16.7. The van der Waals surface area contributed by atoms with E-state index in [9.17, 15) is 14.1 Å². The predicted molar refractivity (Wildman–Crippen MR) is 118 cm³/mol. The standard InChI is InChI=1S/C20H32N4O3S2/c1-7-12(2)17(14(4)13(3)15-9-8-10-15)23-19(25)24-29(21,27)16-11-22-18(28-16)20(5,6)26/h11,15,26H,7-10H2,1-6H3,(H3,21,23,24,25,27)/b14-13+,17-12-. The third kappa shape index (κ3) is 5.75. The molecule has 0 spiro atoms. The molecule has 2 rings (SSSR count). The monoisotopic (exact) mass is 440 g/mol. The summed E-state index contributed by atoms with van der Waals surface area (Å²) in [7, 11) is -3.46. The fourth-order valence-corrected chi connectivity index (χ4v) is 5.08. The Morgan fingerprint density at radius 2 is 2.03 bits per heavy atom. The lowest BCUT2D eigenvalue weighted by Gasteiger charge is -2.29. The number of amides is 2. The van der Waals surface area contributed by atoms with Crippen LogP contribution in [0, 0.1) is 5.92 Å². The van der Waals surface area contributed by atoms with Gasteiger partial charge in [-0.15, -0.1) is 15.7 Å². The Kier molecular flexibility index (Phi) is 7.42. The van der Waals surface area contributed by atoms with Crippen molar-refractivity contribution >= 4 is 27.3 Å². The molecule has 0 bridgehead atoms. The molecule has 1 fully saturated rings. The van der Waals surface area contributed by atoms with E-state index in [1.165, 1.54) is 31.0 Å². The number of hydrogen-bond acceptors (Lipinski definition) is 5. The number of nitrogens with zero attached hydrogens (tertiary/aromatic N) is 2. The molecule has 2 amide bonds. The molecule has 29 heavy (non-hydrogen) atoms. The summed E-state index contributed by atoms with van der Waals surface area (Å²) in [6, 6.07) is -0.751. The first kappa shape index (κ1) is 23.7. The topological polar surface area (TPSA) is 118 Å². The highest BCUT2D eigenvalue weighted by molar-refractivity contribution is 7.93. The maximum atomic E-state index is 12.8. The minimum Gasteiger partial charge on any atom is -0.383 e. The first-order valence-corrected chi connectivity index (χ1v) is 12.2. The van der Waals surface area contributed by atoms with Gasteiger partial charge in [0.1, 0.15) is 14.8 Å². The van der Waals surface area contributed by atoms with Crippen molar-refractivity contribution in [1.82, 2.24) is 10.3 Å². The fourth-order valence-electron chi connectivity index (χ4n) is 3.02. The number of nitrogens with two attached hydrogens (primary N) is 1. The van der Waals surface area contributed by atoms with E-state index < -0.39 is 21.5 Å². The molecule has 7 nitrogen and oxygen atoms in total. The number of carbonyl (C=O) groups excluding carboxylic acids is 1. The zero-order valence-corrected chi connectivity index (χ0v) is 19.7. The molecule has 1 aliphatic carbocycles. The van der Waals surface area contributed by atoms with Crippen LogP contribution in [0.3, 0.4) is 0 Å². The Labute approximate surface area is 177 Å². The van der Waals surface area contributed by atoms with E-state index in [0.717, 1.165) is 34.6 Å². The summed E-state index contributed by atoms with van der Waals surface area (Å²) in [6.45, 7) is 11.2. The van der Waals surface area contributed by atoms with Crippen molar-refractivity contribution in [3.8, 4) is 0 Å². The summed E-state index contributed by atoms with van der Waals surface area (Å²) in [6.07, 6.45) is 5.65. The number of rotatable bonds is 6. The molecule has 1 saturated carbocycles. The molecule has 1 heterocycles. The van der Waals surface area contributed by atoms with Crippen LogP contribution in [0.1, 0.15) is 72.2 Å². The molecule has 1 aromatic rings. The predicted octanol–water partition coefficient (Wildman–Crippen LogP) is 4.60. The second kappa shape index (κ2) is 9.07. The van der Waals surface area contributed by atoms with Crippen LogP contribution in [0.15, 0.2) is 37.2 Å². The van der Waals surface area contributed by atoms with Crippen LogP contribution in [0.25, 0.3) is 0 Å². The van der Waals surface area contributed by atoms with E-state index >= 15 is 0 Å². The van der Waals surface area contributed by atoms with Gasteiger partial charge in [-0.3, -0.25) is 0 Å². The van der Waals surface area contributed by atoms with E-state index in [4.69, 9.17) is 5.14 Å². The van der Waals surface area contributed by atoms with E-state index in [1.807, 2.05) is 20.8 Å². The van der Waals surface area contributed by atoms with Gasteiger partial charge in [-0.2, -0.15) is 0 Å². The Balaban J connectivity index is 2.32. The zero-order chi connectivity index (χ0) is 22.0. The highest BCUT2D eigenvalue weighted by atomic mass is 32.2. The molecule has 1 aromatic heterocycles. The van der Waals surface area contributed by atoms with Gasteiger partial charge in [0, 0.05) is 5.70 Å². The lowest BCUT2D eigenvalue weighted by Crippen LogP contribution is -2.26. The van der Waals surface area contributed by atoms with Gasteiger partial charge in [-0.1, -0.05) is 18.9 Å². The van der Waals surface area contributed by atoms with Gasteiger partial charge in [0.25, 0.3) is 0 Å². The summed E-state index contributed by atoms with van der Waals surface area (Å²) in [5.74, 6) is 0.555. The number of urea groups is 1. The van der Waals surface area contributed by atoms with Crippen LogP contribution in [0.4, 0.5) is 4.79 Å². The van der Waals surface area contributed by atoms with Gasteiger partial charge in [-0.25, -0.2) is 19.1 Å². The van der Waals surface area contributed by atoms with Gasteiger partial charge in [0.15, 0.2) is 9.92 Å². The Morgan fingerprint density at radius 3 is 2.48 bits per heavy atom. The molecule has 0 radical (unpaired) electrons. The Hall–Kier alpha value is -1.55. The van der Waals surface area contributed by atoms with Crippen LogP contribution in [0.2, 0.25) is 0 Å². The van der Waals surface area contributed by atoms with Crippen LogP contribution in [-0.4, -0.2) is 20.3 Å². The number of allylic oxidation sites excluding steroid dienone is 3. The Bertz CT molecular complexity index is 957. The van der Waals surface area contributed by atoms with Crippen molar-refractivity contribution in [3.63, 3.8) is 0 Å². The van der Waals surface area contributed by atoms with Crippen molar-refractivity contribution in [2.45, 2.75) is 77.0 Å². The third-order valence-corrected chi connectivity index (χ3v) is 8.58. The maximum absolute atomic E-state index is 12.8. The maximum Gasteiger partial charge on any atom is 0.354 e. The average Bonchev–Trinajstić information content (AvgIpc) is 3.07. The van der Waals surface area contributed by atoms with Crippen LogP contribution in [-0.2, 0) is 15.5 Å². The quantitative estimate of drug-likeness (QED) is 0.560. The molecule has 1 unspecified atom stereocenters. The van der Waals surface area contributed by atoms with Gasteiger partial charge in [0.05, 0.1) is 6.20 Å². The molecular formula is C20H32N4O3S2. The smallest absolute Gasteiger partial charge is 0.354 e. The Morgan fingerprint density at radius 1 is 1.41 bits per heavy atom. The zero-order valence-electron chi connectivity index (χ0n) is 18.0. The van der Waals surface area contributed by atoms with Crippen LogP contribution < -0.4 is 10.5 Å². The van der Waals surface area contributed by atoms with Gasteiger partial charge in [-0.05, 0) is 70.9 Å². The minimum absolute atomic E-state index is 0.153. The molecular weight excluding hydrogens is 408 g/mol. The van der Waals surface area contributed by atoms with Crippen molar-refractivity contribution in [2.75, 3.05) is 0 Å². The number of aromatic nitrogens is 1. The minimum atomic E-state index is -3.46. The van der Waals surface area contributed by atoms with E-state index in [0.29, 0.717) is 10.9 Å². The van der Waals surface area contributed by atoms with Gasteiger partial charge >= 0.3 is 6.03 Å². The van der Waals surface area contributed by atoms with Crippen LogP contribution in [0.5, 0.6) is 0 Å². The van der Waals surface area contributed by atoms with Gasteiger partial charge < -0.3 is 10.4 Å². The van der Waals surface area contributed by atoms with Crippen molar-refractivity contribution in [3.05, 3.63) is 33.6 Å². The number of hydrogen-bond donors (Lipinski definition) is 3. The SMILES string of the molecule is CC/C(C)=C(NC(=O)N=S(N)(=O)c1cnc(C(C)(C)O)s1)/C(C)=C(\C)C1CCC1. The molecule has 9 heteroatoms. The molecule has 0 aromatic carbocycles. The molecule has 0 saturated heterocycles. The molecule has 0 aliphatic heterocycles.